The molecule has 19 heavy (non-hydrogen) atoms. The minimum absolute atomic E-state index is 0.161. The van der Waals surface area contributed by atoms with Crippen LogP contribution in [0.3, 0.4) is 0 Å². The Morgan fingerprint density at radius 1 is 1.26 bits per heavy atom. The minimum Gasteiger partial charge on any atom is -0.444 e. The molecule has 0 aliphatic rings. The first kappa shape index (κ1) is 15.5. The number of para-hydroxylation sites is 1. The highest BCUT2D eigenvalue weighted by atomic mass is 79.9. The molecular weight excluding hydrogens is 314 g/mol. The van der Waals surface area contributed by atoms with Gasteiger partial charge < -0.3 is 14.2 Å². The van der Waals surface area contributed by atoms with Crippen molar-refractivity contribution in [2.75, 3.05) is 7.11 Å². The number of carbonyl (C=O) groups is 1. The molecule has 0 saturated carbocycles. The van der Waals surface area contributed by atoms with Crippen LogP contribution in [0, 0.1) is 0 Å². The van der Waals surface area contributed by atoms with E-state index in [4.69, 9.17) is 9.47 Å². The second-order valence-corrected chi connectivity index (χ2v) is 5.45. The van der Waals surface area contributed by atoms with Crippen LogP contribution in [0.1, 0.15) is 20.8 Å². The molecule has 0 unspecified atom stereocenters. The van der Waals surface area contributed by atoms with Crippen molar-refractivity contribution >= 4 is 33.9 Å². The number of halogens is 1. The Labute approximate surface area is 120 Å². The van der Waals surface area contributed by atoms with Crippen molar-refractivity contribution in [3.8, 4) is 0 Å². The molecule has 0 radical (unpaired) electrons. The fraction of sp³-hybridized carbons (Fsp3) is 0.385. The quantitative estimate of drug-likeness (QED) is 0.443. The van der Waals surface area contributed by atoms with E-state index < -0.39 is 11.8 Å². The predicted molar refractivity (Wildman–Crippen MR) is 75.6 cm³/mol. The van der Waals surface area contributed by atoms with E-state index in [0.29, 0.717) is 5.69 Å². The third-order valence-corrected chi connectivity index (χ3v) is 2.47. The molecule has 0 N–H and O–H groups in total. The summed E-state index contributed by atoms with van der Waals surface area (Å²) in [7, 11) is 1.22. The van der Waals surface area contributed by atoms with Crippen molar-refractivity contribution < 1.29 is 19.0 Å². The van der Waals surface area contributed by atoms with Crippen molar-refractivity contribution in [3.63, 3.8) is 0 Å². The third-order valence-electron chi connectivity index (χ3n) is 1.79. The Morgan fingerprint density at radius 3 is 2.42 bits per heavy atom. The maximum Gasteiger partial charge on any atom is 0.517 e. The lowest BCUT2D eigenvalue weighted by molar-refractivity contribution is 0.0509. The van der Waals surface area contributed by atoms with Crippen molar-refractivity contribution in [1.82, 2.24) is 0 Å². The summed E-state index contributed by atoms with van der Waals surface area (Å²) >= 11 is 3.35. The molecule has 0 saturated heterocycles. The normalized spacial score (nSPS) is 11.9. The van der Waals surface area contributed by atoms with Crippen LogP contribution in [0.2, 0.25) is 0 Å². The summed E-state index contributed by atoms with van der Waals surface area (Å²) in [6, 6.07) is 7.26. The first-order valence-corrected chi connectivity index (χ1v) is 6.39. The largest absolute Gasteiger partial charge is 0.517 e. The van der Waals surface area contributed by atoms with Gasteiger partial charge in [-0.1, -0.05) is 12.1 Å². The fourth-order valence-corrected chi connectivity index (χ4v) is 1.46. The lowest BCUT2D eigenvalue weighted by atomic mass is 10.2. The molecule has 0 spiro atoms. The Hall–Kier alpha value is -1.56. The molecule has 1 aromatic rings. The van der Waals surface area contributed by atoms with E-state index >= 15 is 0 Å². The molecule has 0 aliphatic carbocycles. The van der Waals surface area contributed by atoms with E-state index in [-0.39, 0.29) is 6.08 Å². The van der Waals surface area contributed by atoms with Crippen LogP contribution in [0.15, 0.2) is 33.7 Å². The Bertz CT molecular complexity index is 480. The lowest BCUT2D eigenvalue weighted by Gasteiger charge is -2.20. The molecule has 1 rings (SSSR count). The molecule has 0 aliphatic heterocycles. The highest BCUT2D eigenvalue weighted by Gasteiger charge is 2.19. The topological polar surface area (TPSA) is 57.1 Å². The number of aliphatic imine (C=N–C) groups is 1. The van der Waals surface area contributed by atoms with Gasteiger partial charge in [0.25, 0.3) is 0 Å². The number of ether oxygens (including phenoxy) is 3. The van der Waals surface area contributed by atoms with Gasteiger partial charge in [-0.15, -0.1) is 0 Å². The van der Waals surface area contributed by atoms with Gasteiger partial charge in [-0.3, -0.25) is 0 Å². The SMILES string of the molecule is COC(=O)OC(=Nc1ccccc1Br)OC(C)(C)C. The average molecular weight is 330 g/mol. The molecule has 0 heterocycles. The van der Waals surface area contributed by atoms with Gasteiger partial charge >= 0.3 is 12.2 Å². The van der Waals surface area contributed by atoms with E-state index in [1.165, 1.54) is 7.11 Å². The third kappa shape index (κ3) is 5.74. The predicted octanol–water partition coefficient (Wildman–Crippen LogP) is 4.03. The van der Waals surface area contributed by atoms with Gasteiger partial charge in [-0.25, -0.2) is 4.79 Å². The van der Waals surface area contributed by atoms with Gasteiger partial charge in [-0.05, 0) is 48.8 Å². The van der Waals surface area contributed by atoms with Gasteiger partial charge in [0.15, 0.2) is 0 Å². The summed E-state index contributed by atoms with van der Waals surface area (Å²) in [6.07, 6.45) is -1.04. The molecular formula is C13H16BrNO4. The molecule has 0 bridgehead atoms. The van der Waals surface area contributed by atoms with Gasteiger partial charge in [-0.2, -0.15) is 4.99 Å². The molecule has 5 nitrogen and oxygen atoms in total. The highest BCUT2D eigenvalue weighted by Crippen LogP contribution is 2.25. The lowest BCUT2D eigenvalue weighted by Crippen LogP contribution is -2.27. The summed E-state index contributed by atoms with van der Waals surface area (Å²) < 4.78 is 15.5. The Balaban J connectivity index is 3.02. The van der Waals surface area contributed by atoms with Gasteiger partial charge in [0.1, 0.15) is 5.60 Å². The van der Waals surface area contributed by atoms with Crippen molar-refractivity contribution in [1.29, 1.82) is 0 Å². The van der Waals surface area contributed by atoms with Gasteiger partial charge in [0.05, 0.1) is 12.8 Å². The standard InChI is InChI=1S/C13H16BrNO4/c1-13(2,3)19-11(18-12(16)17-4)15-10-8-6-5-7-9(10)14/h5-8H,1-4H3. The number of hydrogen-bond acceptors (Lipinski definition) is 5. The molecule has 1 aromatic carbocycles. The monoisotopic (exact) mass is 329 g/mol. The van der Waals surface area contributed by atoms with E-state index in [0.717, 1.165) is 4.47 Å². The number of methoxy groups -OCH3 is 1. The molecule has 6 heteroatoms. The van der Waals surface area contributed by atoms with Crippen LogP contribution < -0.4 is 0 Å². The van der Waals surface area contributed by atoms with Crippen LogP contribution in [-0.2, 0) is 14.2 Å². The van der Waals surface area contributed by atoms with Crippen molar-refractivity contribution in [2.24, 2.45) is 4.99 Å². The summed E-state index contributed by atoms with van der Waals surface area (Å²) in [5.41, 5.74) is 0.0411. The van der Waals surface area contributed by atoms with Crippen LogP contribution >= 0.6 is 15.9 Å². The van der Waals surface area contributed by atoms with Crippen LogP contribution in [-0.4, -0.2) is 25.0 Å². The van der Waals surface area contributed by atoms with Crippen molar-refractivity contribution in [3.05, 3.63) is 28.7 Å². The smallest absolute Gasteiger partial charge is 0.444 e. The fourth-order valence-electron chi connectivity index (χ4n) is 1.08. The van der Waals surface area contributed by atoms with Gasteiger partial charge in [0, 0.05) is 4.47 Å². The van der Waals surface area contributed by atoms with E-state index in [9.17, 15) is 4.79 Å². The molecule has 0 fully saturated rings. The first-order chi connectivity index (χ1) is 8.81. The van der Waals surface area contributed by atoms with E-state index in [2.05, 4.69) is 25.7 Å². The highest BCUT2D eigenvalue weighted by molar-refractivity contribution is 9.10. The van der Waals surface area contributed by atoms with E-state index in [1.54, 1.807) is 6.07 Å². The van der Waals surface area contributed by atoms with Crippen molar-refractivity contribution in [2.45, 2.75) is 26.4 Å². The number of hydrogen-bond donors (Lipinski definition) is 0. The number of nitrogens with zero attached hydrogens (tertiary/aromatic N) is 1. The zero-order chi connectivity index (χ0) is 14.5. The molecule has 0 aromatic heterocycles. The number of carbonyl (C=O) groups excluding carboxylic acids is 1. The zero-order valence-electron chi connectivity index (χ0n) is 11.3. The van der Waals surface area contributed by atoms with Crippen LogP contribution in [0.4, 0.5) is 10.5 Å². The Kier molecular flexibility index (Phi) is 5.35. The first-order valence-electron chi connectivity index (χ1n) is 5.60. The maximum atomic E-state index is 11.2. The average Bonchev–Trinajstić information content (AvgIpc) is 2.29. The van der Waals surface area contributed by atoms with Crippen LogP contribution in [0.25, 0.3) is 0 Å². The van der Waals surface area contributed by atoms with Crippen LogP contribution in [0.5, 0.6) is 0 Å². The Morgan fingerprint density at radius 2 is 1.89 bits per heavy atom. The minimum atomic E-state index is -0.880. The van der Waals surface area contributed by atoms with E-state index in [1.807, 2.05) is 39.0 Å². The second kappa shape index (κ2) is 6.56. The molecule has 104 valence electrons. The molecule has 0 atom stereocenters. The zero-order valence-corrected chi connectivity index (χ0v) is 12.9. The number of benzene rings is 1. The second-order valence-electron chi connectivity index (χ2n) is 4.60. The molecule has 0 amide bonds. The number of rotatable bonds is 1. The summed E-state index contributed by atoms with van der Waals surface area (Å²) in [4.78, 5) is 15.3. The maximum absolute atomic E-state index is 11.2. The summed E-state index contributed by atoms with van der Waals surface area (Å²) in [5.74, 6) is 0. The summed E-state index contributed by atoms with van der Waals surface area (Å²) in [6.45, 7) is 5.47. The van der Waals surface area contributed by atoms with Gasteiger partial charge in [0.2, 0.25) is 0 Å². The summed E-state index contributed by atoms with van der Waals surface area (Å²) in [5, 5.41) is 0.